The Morgan fingerprint density at radius 1 is 0.676 bits per heavy atom. The summed E-state index contributed by atoms with van der Waals surface area (Å²) in [5.74, 6) is 0. The monoisotopic (exact) mass is 439 g/mol. The molecule has 34 heavy (non-hydrogen) atoms. The average Bonchev–Trinajstić information content (AvgIpc) is 3.30. The summed E-state index contributed by atoms with van der Waals surface area (Å²) in [6.45, 7) is 6.52. The lowest BCUT2D eigenvalue weighted by Gasteiger charge is -2.10. The molecule has 0 bridgehead atoms. The van der Waals surface area contributed by atoms with E-state index in [2.05, 4.69) is 147 Å². The van der Waals surface area contributed by atoms with Crippen LogP contribution in [0.3, 0.4) is 0 Å². The van der Waals surface area contributed by atoms with Gasteiger partial charge in [0.2, 0.25) is 0 Å². The van der Waals surface area contributed by atoms with Crippen molar-refractivity contribution in [3.05, 3.63) is 143 Å². The van der Waals surface area contributed by atoms with Crippen LogP contribution in [0.4, 0.5) is 0 Å². The number of fused-ring (bicyclic) bond motifs is 1. The summed E-state index contributed by atoms with van der Waals surface area (Å²) < 4.78 is 2.25. The molecule has 0 saturated carbocycles. The highest BCUT2D eigenvalue weighted by atomic mass is 15.0. The standard InChI is InChI=1S/C33H29N/c1-24(2)30-13-7-8-14-32(30)31(21-18-26-11-5-4-10-25(26)3)27-16-19-29(20-17-27)34-23-22-28-12-6-9-15-33(28)34/h4-23H,1-3H3/b21-18+,32-31+. The van der Waals surface area contributed by atoms with Gasteiger partial charge in [-0.05, 0) is 83.1 Å². The van der Waals surface area contributed by atoms with E-state index >= 15 is 0 Å². The van der Waals surface area contributed by atoms with Gasteiger partial charge in [0.25, 0.3) is 0 Å². The Hall–Kier alpha value is -4.10. The largest absolute Gasteiger partial charge is 0.317 e. The molecule has 1 heteroatoms. The van der Waals surface area contributed by atoms with Crippen molar-refractivity contribution in [1.29, 1.82) is 0 Å². The van der Waals surface area contributed by atoms with E-state index in [-0.39, 0.29) is 0 Å². The summed E-state index contributed by atoms with van der Waals surface area (Å²) in [5, 5.41) is 3.79. The third-order valence-electron chi connectivity index (χ3n) is 6.43. The Labute approximate surface area is 201 Å². The third kappa shape index (κ3) is 4.25. The highest BCUT2D eigenvalue weighted by molar-refractivity contribution is 5.83. The molecule has 0 radical (unpaired) electrons. The van der Waals surface area contributed by atoms with Crippen LogP contribution in [-0.4, -0.2) is 4.57 Å². The Balaban J connectivity index is 1.67. The first-order valence-corrected chi connectivity index (χ1v) is 11.8. The topological polar surface area (TPSA) is 4.93 Å². The zero-order valence-corrected chi connectivity index (χ0v) is 20.0. The summed E-state index contributed by atoms with van der Waals surface area (Å²) >= 11 is 0. The van der Waals surface area contributed by atoms with Gasteiger partial charge in [0.05, 0.1) is 5.52 Å². The summed E-state index contributed by atoms with van der Waals surface area (Å²) in [6, 6.07) is 36.8. The van der Waals surface area contributed by atoms with Crippen molar-refractivity contribution in [3.8, 4) is 5.69 Å². The molecule has 5 aromatic rings. The van der Waals surface area contributed by atoms with Crippen molar-refractivity contribution < 1.29 is 0 Å². The fourth-order valence-electron chi connectivity index (χ4n) is 4.55. The van der Waals surface area contributed by atoms with Crippen molar-refractivity contribution in [2.75, 3.05) is 0 Å². The molecule has 0 spiro atoms. The number of aromatic nitrogens is 1. The molecule has 0 fully saturated rings. The van der Waals surface area contributed by atoms with Crippen molar-refractivity contribution in [1.82, 2.24) is 4.57 Å². The molecule has 0 aliphatic rings. The molecule has 0 atom stereocenters. The predicted molar refractivity (Wildman–Crippen MR) is 146 cm³/mol. The quantitative estimate of drug-likeness (QED) is 0.283. The number of hydrogen-bond acceptors (Lipinski definition) is 0. The van der Waals surface area contributed by atoms with E-state index < -0.39 is 0 Å². The van der Waals surface area contributed by atoms with Crippen LogP contribution >= 0.6 is 0 Å². The van der Waals surface area contributed by atoms with E-state index in [1.165, 1.54) is 54.9 Å². The Morgan fingerprint density at radius 2 is 1.35 bits per heavy atom. The molecule has 0 N–H and O–H groups in total. The summed E-state index contributed by atoms with van der Waals surface area (Å²) in [4.78, 5) is 0. The Bertz CT molecular complexity index is 1610. The second-order valence-corrected chi connectivity index (χ2v) is 8.94. The molecule has 4 aromatic carbocycles. The van der Waals surface area contributed by atoms with E-state index in [1.54, 1.807) is 0 Å². The zero-order valence-electron chi connectivity index (χ0n) is 20.0. The molecule has 0 amide bonds. The molecular formula is C33H29N. The van der Waals surface area contributed by atoms with Gasteiger partial charge < -0.3 is 4.57 Å². The van der Waals surface area contributed by atoms with E-state index in [0.29, 0.717) is 0 Å². The summed E-state index contributed by atoms with van der Waals surface area (Å²) in [5.41, 5.74) is 8.65. The third-order valence-corrected chi connectivity index (χ3v) is 6.43. The van der Waals surface area contributed by atoms with E-state index in [0.717, 1.165) is 0 Å². The molecule has 1 nitrogen and oxygen atoms in total. The lowest BCUT2D eigenvalue weighted by atomic mass is 9.98. The van der Waals surface area contributed by atoms with Gasteiger partial charge in [-0.15, -0.1) is 0 Å². The van der Waals surface area contributed by atoms with Gasteiger partial charge in [0.1, 0.15) is 0 Å². The van der Waals surface area contributed by atoms with Gasteiger partial charge in [-0.1, -0.05) is 96.6 Å². The van der Waals surface area contributed by atoms with Crippen LogP contribution in [0.1, 0.15) is 30.5 Å². The van der Waals surface area contributed by atoms with Crippen LogP contribution < -0.4 is 10.4 Å². The number of benzene rings is 4. The number of allylic oxidation sites excluding steroid dienone is 1. The molecule has 0 aliphatic heterocycles. The van der Waals surface area contributed by atoms with Gasteiger partial charge in [0, 0.05) is 11.9 Å². The second-order valence-electron chi connectivity index (χ2n) is 8.94. The summed E-state index contributed by atoms with van der Waals surface area (Å²) in [7, 11) is 0. The predicted octanol–water partition coefficient (Wildman–Crippen LogP) is 7.04. The van der Waals surface area contributed by atoms with Gasteiger partial charge in [-0.25, -0.2) is 0 Å². The normalized spacial score (nSPS) is 12.3. The van der Waals surface area contributed by atoms with E-state index in [4.69, 9.17) is 0 Å². The smallest absolute Gasteiger partial charge is 0.0528 e. The lowest BCUT2D eigenvalue weighted by Crippen LogP contribution is -2.27. The molecule has 5 rings (SSSR count). The van der Waals surface area contributed by atoms with Crippen LogP contribution in [0.25, 0.3) is 33.8 Å². The maximum Gasteiger partial charge on any atom is 0.0528 e. The first-order chi connectivity index (χ1) is 16.6. The molecular weight excluding hydrogens is 410 g/mol. The number of rotatable bonds is 4. The Kier molecular flexibility index (Phi) is 6.01. The molecule has 0 unspecified atom stereocenters. The van der Waals surface area contributed by atoms with Gasteiger partial charge in [-0.2, -0.15) is 0 Å². The van der Waals surface area contributed by atoms with Crippen molar-refractivity contribution >= 4 is 28.1 Å². The Morgan fingerprint density at radius 3 is 2.12 bits per heavy atom. The van der Waals surface area contributed by atoms with Gasteiger partial charge in [0.15, 0.2) is 0 Å². The van der Waals surface area contributed by atoms with Crippen molar-refractivity contribution in [2.45, 2.75) is 20.8 Å². The minimum Gasteiger partial charge on any atom is -0.317 e. The van der Waals surface area contributed by atoms with E-state index in [9.17, 15) is 0 Å². The number of para-hydroxylation sites is 1. The van der Waals surface area contributed by atoms with Crippen LogP contribution in [0, 0.1) is 6.92 Å². The van der Waals surface area contributed by atoms with Gasteiger partial charge in [-0.3, -0.25) is 0 Å². The highest BCUT2D eigenvalue weighted by Gasteiger charge is 2.06. The SMILES string of the molecule is CC(C)=c1cccc/c1=C(/C=C/c1ccccc1C)c1ccc(-n2ccc3ccccc32)cc1. The van der Waals surface area contributed by atoms with Gasteiger partial charge >= 0.3 is 0 Å². The fraction of sp³-hybridized carbons (Fsp3) is 0.0909. The minimum absolute atomic E-state index is 1.17. The molecule has 1 heterocycles. The van der Waals surface area contributed by atoms with Crippen LogP contribution in [0.2, 0.25) is 0 Å². The molecule has 0 aliphatic carbocycles. The minimum atomic E-state index is 1.17. The first-order valence-electron chi connectivity index (χ1n) is 11.8. The average molecular weight is 440 g/mol. The van der Waals surface area contributed by atoms with Crippen molar-refractivity contribution in [3.63, 3.8) is 0 Å². The fourth-order valence-corrected chi connectivity index (χ4v) is 4.55. The maximum atomic E-state index is 2.27. The highest BCUT2D eigenvalue weighted by Crippen LogP contribution is 2.23. The van der Waals surface area contributed by atoms with Crippen LogP contribution in [0.5, 0.6) is 0 Å². The zero-order chi connectivity index (χ0) is 23.5. The molecule has 166 valence electrons. The van der Waals surface area contributed by atoms with Crippen LogP contribution in [-0.2, 0) is 0 Å². The molecule has 0 saturated heterocycles. The molecule has 1 aromatic heterocycles. The van der Waals surface area contributed by atoms with Crippen molar-refractivity contribution in [2.24, 2.45) is 0 Å². The number of hydrogen-bond donors (Lipinski definition) is 0. The van der Waals surface area contributed by atoms with Crippen LogP contribution in [0.15, 0.2) is 115 Å². The maximum absolute atomic E-state index is 2.27. The first kappa shape index (κ1) is 21.7. The second kappa shape index (κ2) is 9.41. The number of aryl methyl sites for hydroxylation is 1. The lowest BCUT2D eigenvalue weighted by molar-refractivity contribution is 1.13. The summed E-state index contributed by atoms with van der Waals surface area (Å²) in [6.07, 6.45) is 6.65. The number of nitrogens with zero attached hydrogens (tertiary/aromatic N) is 1. The van der Waals surface area contributed by atoms with E-state index in [1.807, 2.05) is 0 Å².